The molecule has 9 heteroatoms. The summed E-state index contributed by atoms with van der Waals surface area (Å²) in [5.41, 5.74) is -0.708. The van der Waals surface area contributed by atoms with Crippen molar-refractivity contribution in [3.63, 3.8) is 0 Å². The third kappa shape index (κ3) is 4.54. The fraction of sp³-hybridized carbons (Fsp3) is 0.286. The lowest BCUT2D eigenvalue weighted by Crippen LogP contribution is -2.16. The highest BCUT2D eigenvalue weighted by Crippen LogP contribution is 2.28. The molecule has 0 saturated heterocycles. The lowest BCUT2D eigenvalue weighted by molar-refractivity contribution is -0.141. The summed E-state index contributed by atoms with van der Waals surface area (Å²) in [5, 5.41) is 5.79. The number of nitrogens with one attached hydrogen (secondary N) is 1. The highest BCUT2D eigenvalue weighted by Gasteiger charge is 2.34. The van der Waals surface area contributed by atoms with E-state index < -0.39 is 23.6 Å². The van der Waals surface area contributed by atoms with Gasteiger partial charge in [0.2, 0.25) is 5.91 Å². The first-order valence-corrected chi connectivity index (χ1v) is 7.32. The van der Waals surface area contributed by atoms with Crippen LogP contribution in [0.15, 0.2) is 28.7 Å². The second-order valence-corrected chi connectivity index (χ2v) is 5.73. The molecule has 23 heavy (non-hydrogen) atoms. The molecule has 4 nitrogen and oxygen atoms in total. The first kappa shape index (κ1) is 17.5. The number of carbonyl (C=O) groups excluding carboxylic acids is 1. The van der Waals surface area contributed by atoms with E-state index in [0.29, 0.717) is 10.2 Å². The number of amides is 1. The first-order chi connectivity index (χ1) is 10.7. The molecule has 1 aromatic carbocycles. The van der Waals surface area contributed by atoms with Gasteiger partial charge in [0.15, 0.2) is 5.69 Å². The number of carbonyl (C=O) groups is 1. The minimum Gasteiger partial charge on any atom is -0.324 e. The predicted octanol–water partition coefficient (Wildman–Crippen LogP) is 4.14. The van der Waals surface area contributed by atoms with Crippen LogP contribution in [0.4, 0.5) is 23.2 Å². The number of alkyl halides is 3. The smallest absolute Gasteiger partial charge is 0.324 e. The van der Waals surface area contributed by atoms with Crippen molar-refractivity contribution in [1.29, 1.82) is 0 Å². The molecular formula is C14H12BrF4N3O. The molecule has 0 aliphatic rings. The molecule has 0 saturated carbocycles. The second-order valence-electron chi connectivity index (χ2n) is 4.81. The minimum absolute atomic E-state index is 0.00590. The normalized spacial score (nSPS) is 11.6. The molecule has 1 heterocycles. The molecule has 0 aliphatic heterocycles. The number of aromatic nitrogens is 2. The number of nitrogens with zero attached hydrogens (tertiary/aromatic N) is 2. The molecule has 124 valence electrons. The summed E-state index contributed by atoms with van der Waals surface area (Å²) >= 11 is 3.09. The van der Waals surface area contributed by atoms with Crippen molar-refractivity contribution in [3.05, 3.63) is 45.9 Å². The Balaban J connectivity index is 1.98. The number of halogens is 5. The summed E-state index contributed by atoms with van der Waals surface area (Å²) in [7, 11) is 0. The maximum atomic E-state index is 13.6. The molecule has 1 aromatic heterocycles. The highest BCUT2D eigenvalue weighted by molar-refractivity contribution is 9.10. The van der Waals surface area contributed by atoms with Crippen LogP contribution >= 0.6 is 15.9 Å². The van der Waals surface area contributed by atoms with Crippen LogP contribution in [0.3, 0.4) is 0 Å². The molecule has 0 aliphatic carbocycles. The summed E-state index contributed by atoms with van der Waals surface area (Å²) in [6.45, 7) is 1.43. The molecule has 0 bridgehead atoms. The topological polar surface area (TPSA) is 46.9 Å². The minimum atomic E-state index is -4.53. The van der Waals surface area contributed by atoms with Gasteiger partial charge >= 0.3 is 6.18 Å². The quantitative estimate of drug-likeness (QED) is 0.793. The van der Waals surface area contributed by atoms with Crippen LogP contribution in [0.5, 0.6) is 0 Å². The van der Waals surface area contributed by atoms with Crippen LogP contribution in [0.25, 0.3) is 0 Å². The fourth-order valence-electron chi connectivity index (χ4n) is 1.89. The van der Waals surface area contributed by atoms with Gasteiger partial charge in [0, 0.05) is 23.1 Å². The molecule has 0 fully saturated rings. The zero-order chi connectivity index (χ0) is 17.2. The Morgan fingerprint density at radius 2 is 2.04 bits per heavy atom. The number of anilines is 1. The Labute approximate surface area is 137 Å². The zero-order valence-electron chi connectivity index (χ0n) is 11.9. The lowest BCUT2D eigenvalue weighted by atomic mass is 10.3. The van der Waals surface area contributed by atoms with E-state index in [1.807, 2.05) is 0 Å². The van der Waals surface area contributed by atoms with Crippen LogP contribution in [0, 0.1) is 12.7 Å². The van der Waals surface area contributed by atoms with Crippen molar-refractivity contribution in [2.45, 2.75) is 26.1 Å². The van der Waals surface area contributed by atoms with Gasteiger partial charge < -0.3 is 5.32 Å². The van der Waals surface area contributed by atoms with E-state index >= 15 is 0 Å². The Hall–Kier alpha value is -1.90. The zero-order valence-corrected chi connectivity index (χ0v) is 13.5. The molecule has 0 spiro atoms. The van der Waals surface area contributed by atoms with Crippen LogP contribution in [0.2, 0.25) is 0 Å². The van der Waals surface area contributed by atoms with Gasteiger partial charge in [-0.05, 0) is 31.2 Å². The van der Waals surface area contributed by atoms with Crippen molar-refractivity contribution in [3.8, 4) is 0 Å². The summed E-state index contributed by atoms with van der Waals surface area (Å²) in [5.74, 6) is -1.13. The van der Waals surface area contributed by atoms with Gasteiger partial charge in [-0.25, -0.2) is 4.39 Å². The lowest BCUT2D eigenvalue weighted by Gasteiger charge is -2.08. The number of rotatable bonds is 4. The monoisotopic (exact) mass is 393 g/mol. The van der Waals surface area contributed by atoms with Crippen molar-refractivity contribution in [2.24, 2.45) is 0 Å². The largest absolute Gasteiger partial charge is 0.435 e. The number of benzene rings is 1. The van der Waals surface area contributed by atoms with Crippen molar-refractivity contribution < 1.29 is 22.4 Å². The summed E-state index contributed by atoms with van der Waals surface area (Å²) in [6.07, 6.45) is -4.66. The van der Waals surface area contributed by atoms with E-state index in [2.05, 4.69) is 26.3 Å². The van der Waals surface area contributed by atoms with Gasteiger partial charge in [-0.1, -0.05) is 15.9 Å². The number of aryl methyl sites for hydroxylation is 2. The standard InChI is InChI=1S/C14H12BrF4N3O/c1-8-6-12(14(17,18)19)21-22(8)5-4-13(23)20-11-3-2-9(15)7-10(11)16/h2-3,6-7H,4-5H2,1H3,(H,20,23). The van der Waals surface area contributed by atoms with Gasteiger partial charge in [0.05, 0.1) is 5.69 Å². The van der Waals surface area contributed by atoms with Gasteiger partial charge in [-0.15, -0.1) is 0 Å². The molecule has 1 amide bonds. The third-order valence-corrected chi connectivity index (χ3v) is 3.52. The molecule has 0 radical (unpaired) electrons. The van der Waals surface area contributed by atoms with Crippen LogP contribution in [-0.2, 0) is 17.5 Å². The van der Waals surface area contributed by atoms with E-state index in [1.54, 1.807) is 6.07 Å². The molecule has 2 aromatic rings. The Kier molecular flexibility index (Phi) is 5.08. The van der Waals surface area contributed by atoms with Gasteiger partial charge in [0.1, 0.15) is 5.82 Å². The van der Waals surface area contributed by atoms with E-state index in [9.17, 15) is 22.4 Å². The SMILES string of the molecule is Cc1cc(C(F)(F)F)nn1CCC(=O)Nc1ccc(Br)cc1F. The van der Waals surface area contributed by atoms with E-state index in [-0.39, 0.29) is 18.7 Å². The molecule has 0 atom stereocenters. The van der Waals surface area contributed by atoms with Crippen LogP contribution in [0.1, 0.15) is 17.8 Å². The number of hydrogen-bond donors (Lipinski definition) is 1. The third-order valence-electron chi connectivity index (χ3n) is 3.03. The second kappa shape index (κ2) is 6.69. The summed E-state index contributed by atoms with van der Waals surface area (Å²) < 4.78 is 52.8. The van der Waals surface area contributed by atoms with Gasteiger partial charge in [-0.2, -0.15) is 18.3 Å². The summed E-state index contributed by atoms with van der Waals surface area (Å²) in [4.78, 5) is 11.8. The van der Waals surface area contributed by atoms with Crippen molar-refractivity contribution in [2.75, 3.05) is 5.32 Å². The van der Waals surface area contributed by atoms with Crippen molar-refractivity contribution >= 4 is 27.5 Å². The first-order valence-electron chi connectivity index (χ1n) is 6.53. The van der Waals surface area contributed by atoms with Crippen LogP contribution < -0.4 is 5.32 Å². The molecule has 0 unspecified atom stereocenters. The molecule has 1 N–H and O–H groups in total. The average Bonchev–Trinajstić information content (AvgIpc) is 2.81. The van der Waals surface area contributed by atoms with Gasteiger partial charge in [0.25, 0.3) is 0 Å². The van der Waals surface area contributed by atoms with Gasteiger partial charge in [-0.3, -0.25) is 9.48 Å². The Bertz CT molecular complexity index is 727. The fourth-order valence-corrected chi connectivity index (χ4v) is 2.22. The molecular weight excluding hydrogens is 382 g/mol. The average molecular weight is 394 g/mol. The predicted molar refractivity (Wildman–Crippen MR) is 79.3 cm³/mol. The highest BCUT2D eigenvalue weighted by atomic mass is 79.9. The maximum absolute atomic E-state index is 13.6. The van der Waals surface area contributed by atoms with E-state index in [4.69, 9.17) is 0 Å². The molecule has 2 rings (SSSR count). The summed E-state index contributed by atoms with van der Waals surface area (Å²) in [6, 6.07) is 5.05. The maximum Gasteiger partial charge on any atom is 0.435 e. The van der Waals surface area contributed by atoms with E-state index in [0.717, 1.165) is 10.7 Å². The number of hydrogen-bond acceptors (Lipinski definition) is 2. The van der Waals surface area contributed by atoms with E-state index in [1.165, 1.54) is 19.1 Å². The van der Waals surface area contributed by atoms with Crippen molar-refractivity contribution in [1.82, 2.24) is 9.78 Å². The Morgan fingerprint density at radius 3 is 2.61 bits per heavy atom. The Morgan fingerprint density at radius 1 is 1.35 bits per heavy atom. The van der Waals surface area contributed by atoms with Crippen LogP contribution in [-0.4, -0.2) is 15.7 Å².